The van der Waals surface area contributed by atoms with E-state index >= 15 is 0 Å². The van der Waals surface area contributed by atoms with Crippen molar-refractivity contribution >= 4 is 35.0 Å². The Morgan fingerprint density at radius 2 is 1.69 bits per heavy atom. The Kier molecular flexibility index (Phi) is 5.13. The highest BCUT2D eigenvalue weighted by Gasteiger charge is 2.31. The van der Waals surface area contributed by atoms with Crippen LogP contribution in [0.25, 0.3) is 6.08 Å². The molecule has 26 heavy (non-hydrogen) atoms. The second kappa shape index (κ2) is 7.49. The minimum Gasteiger partial charge on any atom is -0.497 e. The van der Waals surface area contributed by atoms with Gasteiger partial charge in [-0.15, -0.1) is 0 Å². The molecule has 0 atom stereocenters. The van der Waals surface area contributed by atoms with E-state index < -0.39 is 6.61 Å². The molecule has 1 N–H and O–H groups in total. The number of hydrogen-bond donors (Lipinski definition) is 1. The van der Waals surface area contributed by atoms with E-state index in [0.29, 0.717) is 17.1 Å². The number of hydrogen-bond acceptors (Lipinski definition) is 4. The first-order valence-corrected chi connectivity index (χ1v) is 7.95. The van der Waals surface area contributed by atoms with E-state index in [2.05, 4.69) is 10.1 Å². The van der Waals surface area contributed by atoms with Crippen LogP contribution in [0, 0.1) is 0 Å². The topological polar surface area (TPSA) is 50.8 Å². The first-order chi connectivity index (χ1) is 12.5. The number of nitrogens with one attached hydrogen (secondary N) is 1. The third-order valence-corrected chi connectivity index (χ3v) is 3.91. The van der Waals surface area contributed by atoms with Gasteiger partial charge in [0.1, 0.15) is 17.2 Å². The summed E-state index contributed by atoms with van der Waals surface area (Å²) in [6, 6.07) is 12.9. The normalized spacial score (nSPS) is 15.5. The van der Waals surface area contributed by atoms with Gasteiger partial charge in [-0.1, -0.05) is 12.1 Å². The highest BCUT2D eigenvalue weighted by molar-refractivity contribution is 7.80. The van der Waals surface area contributed by atoms with Gasteiger partial charge in [-0.25, -0.2) is 0 Å². The highest BCUT2D eigenvalue weighted by Crippen LogP contribution is 2.25. The fourth-order valence-corrected chi connectivity index (χ4v) is 2.71. The number of rotatable bonds is 5. The molecule has 1 fully saturated rings. The number of ether oxygens (including phenoxy) is 2. The summed E-state index contributed by atoms with van der Waals surface area (Å²) in [6.07, 6.45) is 1.67. The van der Waals surface area contributed by atoms with Crippen molar-refractivity contribution in [2.45, 2.75) is 6.61 Å². The van der Waals surface area contributed by atoms with Gasteiger partial charge in [0.2, 0.25) is 0 Å². The monoisotopic (exact) mass is 376 g/mol. The predicted molar refractivity (Wildman–Crippen MR) is 97.3 cm³/mol. The maximum absolute atomic E-state index is 12.6. The van der Waals surface area contributed by atoms with Gasteiger partial charge in [0.05, 0.1) is 12.8 Å². The minimum atomic E-state index is -2.91. The Labute approximate surface area is 153 Å². The van der Waals surface area contributed by atoms with E-state index in [1.54, 1.807) is 25.3 Å². The van der Waals surface area contributed by atoms with E-state index in [1.807, 2.05) is 12.1 Å². The van der Waals surface area contributed by atoms with Crippen molar-refractivity contribution in [2.24, 2.45) is 0 Å². The number of benzene rings is 2. The van der Waals surface area contributed by atoms with Crippen LogP contribution in [0.5, 0.6) is 11.5 Å². The number of alkyl halides is 2. The molecule has 0 unspecified atom stereocenters. The average molecular weight is 376 g/mol. The van der Waals surface area contributed by atoms with Crippen LogP contribution in [0.3, 0.4) is 0 Å². The molecule has 0 radical (unpaired) electrons. The number of amides is 1. The SMILES string of the molecule is COc1ccc(/C=C2/NC(=S)N(c3ccc(OC(F)F)cc3)C2=O)cc1. The minimum absolute atomic E-state index is 0.00303. The Morgan fingerprint density at radius 3 is 2.27 bits per heavy atom. The predicted octanol–water partition coefficient (Wildman–Crippen LogP) is 3.56. The lowest BCUT2D eigenvalue weighted by atomic mass is 10.2. The fraction of sp³-hybridized carbons (Fsp3) is 0.111. The van der Waals surface area contributed by atoms with Crippen LogP contribution >= 0.6 is 12.2 Å². The molecule has 1 heterocycles. The van der Waals surface area contributed by atoms with Gasteiger partial charge in [-0.2, -0.15) is 8.78 Å². The summed E-state index contributed by atoms with van der Waals surface area (Å²) in [5.41, 5.74) is 1.56. The molecule has 1 aliphatic heterocycles. The Hall–Kier alpha value is -3.00. The lowest BCUT2D eigenvalue weighted by molar-refractivity contribution is -0.113. The molecule has 0 spiro atoms. The molecule has 2 aromatic carbocycles. The van der Waals surface area contributed by atoms with Crippen molar-refractivity contribution < 1.29 is 23.0 Å². The van der Waals surface area contributed by atoms with Crippen LogP contribution < -0.4 is 19.7 Å². The maximum atomic E-state index is 12.6. The zero-order chi connectivity index (χ0) is 18.7. The molecular formula is C18H14F2N2O3S. The molecule has 1 aliphatic rings. The summed E-state index contributed by atoms with van der Waals surface area (Å²) in [6.45, 7) is -2.91. The second-order valence-electron chi connectivity index (χ2n) is 5.27. The summed E-state index contributed by atoms with van der Waals surface area (Å²) >= 11 is 5.22. The standard InChI is InChI=1S/C18H14F2N2O3S/c1-24-13-6-2-11(3-7-13)10-15-16(23)22(18(26)21-15)12-4-8-14(9-5-12)25-17(19)20/h2-10,17H,1H3,(H,21,26)/b15-10+. The molecule has 134 valence electrons. The number of carbonyl (C=O) groups is 1. The van der Waals surface area contributed by atoms with E-state index in [9.17, 15) is 13.6 Å². The van der Waals surface area contributed by atoms with Crippen LogP contribution in [0.1, 0.15) is 5.56 Å². The Morgan fingerprint density at radius 1 is 1.08 bits per heavy atom. The van der Waals surface area contributed by atoms with Gasteiger partial charge in [0.15, 0.2) is 5.11 Å². The smallest absolute Gasteiger partial charge is 0.387 e. The van der Waals surface area contributed by atoms with Crippen molar-refractivity contribution in [3.05, 3.63) is 59.8 Å². The first-order valence-electron chi connectivity index (χ1n) is 7.54. The van der Waals surface area contributed by atoms with Crippen LogP contribution in [-0.2, 0) is 4.79 Å². The third-order valence-electron chi connectivity index (χ3n) is 3.63. The van der Waals surface area contributed by atoms with Gasteiger partial charge < -0.3 is 14.8 Å². The highest BCUT2D eigenvalue weighted by atomic mass is 32.1. The number of nitrogens with zero attached hydrogens (tertiary/aromatic N) is 1. The van der Waals surface area contributed by atoms with Gasteiger partial charge in [-0.05, 0) is 60.3 Å². The van der Waals surface area contributed by atoms with Gasteiger partial charge >= 0.3 is 6.61 Å². The number of carbonyl (C=O) groups excluding carboxylic acids is 1. The Balaban J connectivity index is 1.80. The molecular weight excluding hydrogens is 362 g/mol. The molecule has 0 aliphatic carbocycles. The summed E-state index contributed by atoms with van der Waals surface area (Å²) in [7, 11) is 1.57. The van der Waals surface area contributed by atoms with Crippen molar-refractivity contribution in [3.8, 4) is 11.5 Å². The number of thiocarbonyl (C=S) groups is 1. The number of methoxy groups -OCH3 is 1. The van der Waals surface area contributed by atoms with E-state index in [1.165, 1.54) is 29.2 Å². The van der Waals surface area contributed by atoms with E-state index in [0.717, 1.165) is 5.56 Å². The lowest BCUT2D eigenvalue weighted by Gasteiger charge is -2.14. The van der Waals surface area contributed by atoms with Crippen LogP contribution in [0.15, 0.2) is 54.2 Å². The second-order valence-corrected chi connectivity index (χ2v) is 5.66. The quantitative estimate of drug-likeness (QED) is 0.639. The molecule has 5 nitrogen and oxygen atoms in total. The van der Waals surface area contributed by atoms with Crippen molar-refractivity contribution in [3.63, 3.8) is 0 Å². The van der Waals surface area contributed by atoms with Crippen LogP contribution in [0.2, 0.25) is 0 Å². The molecule has 0 bridgehead atoms. The molecule has 0 saturated carbocycles. The Bertz CT molecular complexity index is 852. The molecule has 0 aromatic heterocycles. The van der Waals surface area contributed by atoms with Crippen LogP contribution in [-0.4, -0.2) is 24.7 Å². The summed E-state index contributed by atoms with van der Waals surface area (Å²) in [4.78, 5) is 13.9. The summed E-state index contributed by atoms with van der Waals surface area (Å²) < 4.78 is 33.8. The summed E-state index contributed by atoms with van der Waals surface area (Å²) in [5.74, 6) is 0.373. The lowest BCUT2D eigenvalue weighted by Crippen LogP contribution is -2.30. The van der Waals surface area contributed by atoms with Crippen molar-refractivity contribution in [1.82, 2.24) is 5.32 Å². The maximum Gasteiger partial charge on any atom is 0.387 e. The number of halogens is 2. The zero-order valence-corrected chi connectivity index (χ0v) is 14.4. The molecule has 1 saturated heterocycles. The molecule has 3 rings (SSSR count). The first kappa shape index (κ1) is 17.8. The van der Waals surface area contributed by atoms with E-state index in [-0.39, 0.29) is 16.8 Å². The van der Waals surface area contributed by atoms with Gasteiger partial charge in [-0.3, -0.25) is 9.69 Å². The molecule has 1 amide bonds. The fourth-order valence-electron chi connectivity index (χ4n) is 2.41. The molecule has 8 heteroatoms. The number of anilines is 1. The largest absolute Gasteiger partial charge is 0.497 e. The van der Waals surface area contributed by atoms with Crippen LogP contribution in [0.4, 0.5) is 14.5 Å². The zero-order valence-electron chi connectivity index (χ0n) is 13.6. The van der Waals surface area contributed by atoms with Gasteiger partial charge in [0.25, 0.3) is 5.91 Å². The van der Waals surface area contributed by atoms with Crippen molar-refractivity contribution in [1.29, 1.82) is 0 Å². The average Bonchev–Trinajstić information content (AvgIpc) is 2.89. The van der Waals surface area contributed by atoms with Crippen molar-refractivity contribution in [2.75, 3.05) is 12.0 Å². The third kappa shape index (κ3) is 3.80. The van der Waals surface area contributed by atoms with Gasteiger partial charge in [0, 0.05) is 0 Å². The summed E-state index contributed by atoms with van der Waals surface area (Å²) in [5, 5.41) is 3.07. The molecule has 2 aromatic rings. The van der Waals surface area contributed by atoms with E-state index in [4.69, 9.17) is 17.0 Å².